The van der Waals surface area contributed by atoms with E-state index in [1.54, 1.807) is 31.4 Å². The highest BCUT2D eigenvalue weighted by atomic mass is 35.5. The second-order valence-corrected chi connectivity index (χ2v) is 7.56. The second kappa shape index (κ2) is 9.01. The first-order valence-electron chi connectivity index (χ1n) is 9.73. The third-order valence-corrected chi connectivity index (χ3v) is 5.30. The van der Waals surface area contributed by atoms with Crippen LogP contribution >= 0.6 is 11.6 Å². The highest BCUT2D eigenvalue weighted by Gasteiger charge is 2.31. The quantitative estimate of drug-likeness (QED) is 0.597. The molecule has 152 valence electrons. The summed E-state index contributed by atoms with van der Waals surface area (Å²) in [5.41, 5.74) is 3.76. The molecule has 2 amide bonds. The van der Waals surface area contributed by atoms with Gasteiger partial charge in [0.2, 0.25) is 0 Å². The Morgan fingerprint density at radius 2 is 1.77 bits per heavy atom. The molecule has 0 aliphatic carbocycles. The Kier molecular flexibility index (Phi) is 6.00. The van der Waals surface area contributed by atoms with Gasteiger partial charge in [-0.3, -0.25) is 0 Å². The van der Waals surface area contributed by atoms with Crippen LogP contribution in [0.5, 0.6) is 5.75 Å². The molecule has 0 fully saturated rings. The Morgan fingerprint density at radius 3 is 2.43 bits per heavy atom. The van der Waals surface area contributed by atoms with Gasteiger partial charge in [-0.05, 0) is 53.9 Å². The van der Waals surface area contributed by atoms with Crippen LogP contribution in [0.15, 0.2) is 84.0 Å². The lowest BCUT2D eigenvalue weighted by Crippen LogP contribution is -2.31. The van der Waals surface area contributed by atoms with Crippen LogP contribution < -0.4 is 10.1 Å². The molecular formula is C24H22ClN3O2. The van der Waals surface area contributed by atoms with E-state index in [-0.39, 0.29) is 11.9 Å². The maximum atomic E-state index is 12.9. The van der Waals surface area contributed by atoms with E-state index in [1.165, 1.54) is 10.6 Å². The van der Waals surface area contributed by atoms with E-state index in [0.717, 1.165) is 23.4 Å². The van der Waals surface area contributed by atoms with Crippen molar-refractivity contribution in [1.29, 1.82) is 0 Å². The molecule has 0 saturated carbocycles. The Labute approximate surface area is 180 Å². The number of anilines is 1. The zero-order valence-corrected chi connectivity index (χ0v) is 17.3. The summed E-state index contributed by atoms with van der Waals surface area (Å²) in [7, 11) is 1.61. The molecule has 1 N–H and O–H groups in total. The highest BCUT2D eigenvalue weighted by Crippen LogP contribution is 2.25. The first kappa shape index (κ1) is 20.0. The number of hydrazone groups is 1. The molecule has 30 heavy (non-hydrogen) atoms. The molecule has 0 spiro atoms. The number of hydrogen-bond acceptors (Lipinski definition) is 3. The largest absolute Gasteiger partial charge is 0.497 e. The Bertz CT molecular complexity index is 1030. The molecule has 3 aromatic rings. The predicted molar refractivity (Wildman–Crippen MR) is 120 cm³/mol. The number of halogens is 1. The summed E-state index contributed by atoms with van der Waals surface area (Å²) in [5.74, 6) is 0.829. The molecule has 4 rings (SSSR count). The highest BCUT2D eigenvalue weighted by molar-refractivity contribution is 6.30. The molecule has 1 heterocycles. The number of rotatable bonds is 5. The minimum absolute atomic E-state index is 0.0928. The van der Waals surface area contributed by atoms with Gasteiger partial charge in [0, 0.05) is 16.6 Å². The molecule has 1 unspecified atom stereocenters. The van der Waals surface area contributed by atoms with Crippen LogP contribution in [-0.4, -0.2) is 30.4 Å². The van der Waals surface area contributed by atoms with Gasteiger partial charge in [-0.1, -0.05) is 54.1 Å². The maximum absolute atomic E-state index is 12.9. The zero-order chi connectivity index (χ0) is 20.9. The first-order valence-corrected chi connectivity index (χ1v) is 10.1. The summed E-state index contributed by atoms with van der Waals surface area (Å²) in [6, 6.07) is 24.8. The summed E-state index contributed by atoms with van der Waals surface area (Å²) >= 11 is 6.05. The van der Waals surface area contributed by atoms with E-state index in [2.05, 4.69) is 22.6 Å². The molecule has 0 radical (unpaired) electrons. The van der Waals surface area contributed by atoms with E-state index in [4.69, 9.17) is 16.3 Å². The summed E-state index contributed by atoms with van der Waals surface area (Å²) in [4.78, 5) is 12.9. The number of hydrogen-bond donors (Lipinski definition) is 1. The Balaban J connectivity index is 1.55. The van der Waals surface area contributed by atoms with Crippen molar-refractivity contribution in [3.63, 3.8) is 0 Å². The standard InChI is InChI=1S/C24H22ClN3O2/c1-30-22-13-11-21(12-14-22)26-24(29)28-16-19(15-17-5-3-2-4-6-17)23(27-28)18-7-9-20(25)10-8-18/h2-14,19H,15-16H2,1H3,(H,26,29). The molecule has 5 nitrogen and oxygen atoms in total. The second-order valence-electron chi connectivity index (χ2n) is 7.12. The van der Waals surface area contributed by atoms with Crippen molar-refractivity contribution >= 4 is 29.0 Å². The number of ether oxygens (including phenoxy) is 1. The van der Waals surface area contributed by atoms with Crippen LogP contribution in [0, 0.1) is 5.92 Å². The third kappa shape index (κ3) is 4.63. The van der Waals surface area contributed by atoms with E-state index >= 15 is 0 Å². The topological polar surface area (TPSA) is 53.9 Å². The molecule has 0 aromatic heterocycles. The SMILES string of the molecule is COc1ccc(NC(=O)N2CC(Cc3ccccc3)C(c3ccc(Cl)cc3)=N2)cc1. The minimum atomic E-state index is -0.262. The minimum Gasteiger partial charge on any atom is -0.497 e. The zero-order valence-electron chi connectivity index (χ0n) is 16.6. The third-order valence-electron chi connectivity index (χ3n) is 5.05. The fourth-order valence-electron chi connectivity index (χ4n) is 3.51. The van der Waals surface area contributed by atoms with Crippen molar-refractivity contribution < 1.29 is 9.53 Å². The number of urea groups is 1. The fourth-order valence-corrected chi connectivity index (χ4v) is 3.64. The number of amides is 2. The predicted octanol–water partition coefficient (Wildman–Crippen LogP) is 5.46. The summed E-state index contributed by atoms with van der Waals surface area (Å²) in [6.07, 6.45) is 0.800. The van der Waals surface area contributed by atoms with Crippen molar-refractivity contribution in [2.24, 2.45) is 11.0 Å². The van der Waals surface area contributed by atoms with E-state index < -0.39 is 0 Å². The van der Waals surface area contributed by atoms with Crippen molar-refractivity contribution in [2.45, 2.75) is 6.42 Å². The van der Waals surface area contributed by atoms with Gasteiger partial charge < -0.3 is 10.1 Å². The van der Waals surface area contributed by atoms with Crippen LogP contribution in [0.4, 0.5) is 10.5 Å². The van der Waals surface area contributed by atoms with Crippen LogP contribution in [-0.2, 0) is 6.42 Å². The smallest absolute Gasteiger partial charge is 0.342 e. The van der Waals surface area contributed by atoms with Gasteiger partial charge in [0.25, 0.3) is 0 Å². The van der Waals surface area contributed by atoms with Crippen LogP contribution in [0.3, 0.4) is 0 Å². The van der Waals surface area contributed by atoms with E-state index in [9.17, 15) is 4.79 Å². The molecule has 0 bridgehead atoms. The molecule has 1 atom stereocenters. The van der Waals surface area contributed by atoms with Crippen molar-refractivity contribution in [3.8, 4) is 5.75 Å². The van der Waals surface area contributed by atoms with Gasteiger partial charge in [0.05, 0.1) is 19.4 Å². The van der Waals surface area contributed by atoms with Crippen molar-refractivity contribution in [1.82, 2.24) is 5.01 Å². The van der Waals surface area contributed by atoms with E-state index in [1.807, 2.05) is 42.5 Å². The number of nitrogens with zero attached hydrogens (tertiary/aromatic N) is 2. The van der Waals surface area contributed by atoms with Gasteiger partial charge in [-0.2, -0.15) is 5.10 Å². The molecule has 1 aliphatic rings. The van der Waals surface area contributed by atoms with E-state index in [0.29, 0.717) is 17.3 Å². The fraction of sp³-hybridized carbons (Fsp3) is 0.167. The van der Waals surface area contributed by atoms with Gasteiger partial charge in [0.15, 0.2) is 0 Å². The number of methoxy groups -OCH3 is 1. The van der Waals surface area contributed by atoms with Crippen LogP contribution in [0.1, 0.15) is 11.1 Å². The van der Waals surface area contributed by atoms with Crippen LogP contribution in [0.2, 0.25) is 5.02 Å². The lowest BCUT2D eigenvalue weighted by atomic mass is 9.91. The maximum Gasteiger partial charge on any atom is 0.342 e. The molecule has 6 heteroatoms. The molecule has 3 aromatic carbocycles. The van der Waals surface area contributed by atoms with Gasteiger partial charge >= 0.3 is 6.03 Å². The molecule has 1 aliphatic heterocycles. The Hall–Kier alpha value is -3.31. The molecular weight excluding hydrogens is 398 g/mol. The summed E-state index contributed by atoms with van der Waals surface area (Å²) in [6.45, 7) is 0.509. The summed E-state index contributed by atoms with van der Waals surface area (Å²) in [5, 5.41) is 9.74. The number of nitrogens with one attached hydrogen (secondary N) is 1. The van der Waals surface area contributed by atoms with Gasteiger partial charge in [-0.25, -0.2) is 9.80 Å². The number of benzene rings is 3. The monoisotopic (exact) mass is 419 g/mol. The lowest BCUT2D eigenvalue weighted by molar-refractivity contribution is 0.215. The van der Waals surface area contributed by atoms with Crippen molar-refractivity contribution in [3.05, 3.63) is 95.0 Å². The number of carbonyl (C=O) groups excluding carboxylic acids is 1. The van der Waals surface area contributed by atoms with Gasteiger partial charge in [-0.15, -0.1) is 0 Å². The average molecular weight is 420 g/mol. The summed E-state index contributed by atoms with van der Waals surface area (Å²) < 4.78 is 5.16. The molecule has 0 saturated heterocycles. The first-order chi connectivity index (χ1) is 14.6. The number of carbonyl (C=O) groups is 1. The van der Waals surface area contributed by atoms with Crippen LogP contribution in [0.25, 0.3) is 0 Å². The normalized spacial score (nSPS) is 15.6. The van der Waals surface area contributed by atoms with Crippen molar-refractivity contribution in [2.75, 3.05) is 19.0 Å². The van der Waals surface area contributed by atoms with Gasteiger partial charge in [0.1, 0.15) is 5.75 Å². The Morgan fingerprint density at radius 1 is 1.07 bits per heavy atom. The average Bonchev–Trinajstić information content (AvgIpc) is 3.19. The lowest BCUT2D eigenvalue weighted by Gasteiger charge is -2.16.